The fourth-order valence-electron chi connectivity index (χ4n) is 1.52. The second-order valence-corrected chi connectivity index (χ2v) is 4.41. The molecule has 0 saturated carbocycles. The van der Waals surface area contributed by atoms with Crippen LogP contribution in [0.15, 0.2) is 34.2 Å². The van der Waals surface area contributed by atoms with E-state index in [0.29, 0.717) is 11.1 Å². The lowest BCUT2D eigenvalue weighted by Crippen LogP contribution is -2.16. The fourth-order valence-corrected chi connectivity index (χ4v) is 1.96. The first-order valence-electron chi connectivity index (χ1n) is 5.34. The molecule has 0 spiro atoms. The van der Waals surface area contributed by atoms with Crippen LogP contribution in [0.25, 0.3) is 0 Å². The van der Waals surface area contributed by atoms with Crippen LogP contribution < -0.4 is 5.32 Å². The van der Waals surface area contributed by atoms with Gasteiger partial charge in [0.2, 0.25) is 0 Å². The normalized spacial score (nSPS) is 13.9. The van der Waals surface area contributed by atoms with Gasteiger partial charge < -0.3 is 15.8 Å². The summed E-state index contributed by atoms with van der Waals surface area (Å²) >= 11 is 3.36. The molecule has 1 heterocycles. The smallest absolute Gasteiger partial charge is 0.110 e. The van der Waals surface area contributed by atoms with Gasteiger partial charge in [-0.05, 0) is 19.9 Å². The number of aliphatic hydroxyl groups excluding tert-OH is 1. The lowest BCUT2D eigenvalue weighted by Gasteiger charge is -2.16. The van der Waals surface area contributed by atoms with Crippen LogP contribution in [0.2, 0.25) is 0 Å². The SMILES string of the molecule is CCN/C(C)=C(\C=N)C(O)c1cnccc1Br. The van der Waals surface area contributed by atoms with Gasteiger partial charge in [0.05, 0.1) is 0 Å². The molecule has 1 aromatic heterocycles. The van der Waals surface area contributed by atoms with Crippen LogP contribution in [0, 0.1) is 5.41 Å². The molecule has 3 N–H and O–H groups in total. The zero-order chi connectivity index (χ0) is 12.8. The van der Waals surface area contributed by atoms with Crippen molar-refractivity contribution in [3.63, 3.8) is 0 Å². The number of aromatic nitrogens is 1. The van der Waals surface area contributed by atoms with E-state index in [1.165, 1.54) is 6.21 Å². The summed E-state index contributed by atoms with van der Waals surface area (Å²) in [4.78, 5) is 3.98. The van der Waals surface area contributed by atoms with Gasteiger partial charge in [-0.1, -0.05) is 15.9 Å². The highest BCUT2D eigenvalue weighted by Gasteiger charge is 2.17. The van der Waals surface area contributed by atoms with Crippen molar-refractivity contribution < 1.29 is 5.11 Å². The highest BCUT2D eigenvalue weighted by molar-refractivity contribution is 9.10. The Morgan fingerprint density at radius 1 is 1.71 bits per heavy atom. The van der Waals surface area contributed by atoms with Crippen LogP contribution in [0.1, 0.15) is 25.5 Å². The van der Waals surface area contributed by atoms with Crippen molar-refractivity contribution in [3.05, 3.63) is 39.8 Å². The first-order chi connectivity index (χ1) is 8.11. The van der Waals surface area contributed by atoms with Crippen molar-refractivity contribution in [2.45, 2.75) is 20.0 Å². The lowest BCUT2D eigenvalue weighted by atomic mass is 10.0. The molecule has 0 aliphatic heterocycles. The van der Waals surface area contributed by atoms with Crippen LogP contribution in [0.3, 0.4) is 0 Å². The second kappa shape index (κ2) is 6.51. The van der Waals surface area contributed by atoms with Gasteiger partial charge in [0.15, 0.2) is 0 Å². The third-order valence-electron chi connectivity index (χ3n) is 2.42. The van der Waals surface area contributed by atoms with Gasteiger partial charge in [-0.25, -0.2) is 0 Å². The number of aliphatic hydroxyl groups is 1. The summed E-state index contributed by atoms with van der Waals surface area (Å²) in [6.45, 7) is 4.57. The number of allylic oxidation sites excluding steroid dienone is 1. The average molecular weight is 298 g/mol. The van der Waals surface area contributed by atoms with Gasteiger partial charge in [-0.15, -0.1) is 0 Å². The Labute approximate surface area is 109 Å². The quantitative estimate of drug-likeness (QED) is 0.731. The highest BCUT2D eigenvalue weighted by atomic mass is 79.9. The molecule has 0 aliphatic rings. The molecule has 4 nitrogen and oxygen atoms in total. The predicted octanol–water partition coefficient (Wildman–Crippen LogP) is 2.41. The molecule has 0 saturated heterocycles. The third kappa shape index (κ3) is 3.38. The van der Waals surface area contributed by atoms with Gasteiger partial charge in [0, 0.05) is 46.5 Å². The van der Waals surface area contributed by atoms with Gasteiger partial charge in [-0.3, -0.25) is 4.98 Å². The molecule has 1 rings (SSSR count). The first-order valence-corrected chi connectivity index (χ1v) is 6.13. The molecule has 0 fully saturated rings. The third-order valence-corrected chi connectivity index (χ3v) is 3.14. The molecule has 17 heavy (non-hydrogen) atoms. The van der Waals surface area contributed by atoms with E-state index < -0.39 is 6.10 Å². The van der Waals surface area contributed by atoms with Crippen molar-refractivity contribution in [3.8, 4) is 0 Å². The molecular formula is C12H16BrN3O. The Balaban J connectivity index is 3.10. The molecule has 5 heteroatoms. The van der Waals surface area contributed by atoms with Crippen LogP contribution in [0.4, 0.5) is 0 Å². The lowest BCUT2D eigenvalue weighted by molar-refractivity contribution is 0.219. The Hall–Kier alpha value is -1.20. The van der Waals surface area contributed by atoms with Gasteiger partial charge in [0.1, 0.15) is 6.10 Å². The van der Waals surface area contributed by atoms with Crippen LogP contribution >= 0.6 is 15.9 Å². The summed E-state index contributed by atoms with van der Waals surface area (Å²) < 4.78 is 0.781. The molecule has 0 aliphatic carbocycles. The van der Waals surface area contributed by atoms with Crippen LogP contribution in [0.5, 0.6) is 0 Å². The van der Waals surface area contributed by atoms with Crippen LogP contribution in [-0.4, -0.2) is 22.8 Å². The average Bonchev–Trinajstić information content (AvgIpc) is 2.30. The molecule has 92 valence electrons. The Kier molecular flexibility index (Phi) is 5.31. The van der Waals surface area contributed by atoms with Crippen molar-refractivity contribution in [2.75, 3.05) is 6.54 Å². The standard InChI is InChI=1S/C12H16BrN3O/c1-3-16-8(2)9(6-14)12(17)10-7-15-5-4-11(10)13/h4-7,12,14,16-17H,3H2,1-2H3/b9-8+,14-6?. The first kappa shape index (κ1) is 13.9. The van der Waals surface area contributed by atoms with E-state index in [-0.39, 0.29) is 0 Å². The van der Waals surface area contributed by atoms with Crippen molar-refractivity contribution in [1.29, 1.82) is 5.41 Å². The maximum atomic E-state index is 10.2. The van der Waals surface area contributed by atoms with E-state index in [2.05, 4.69) is 26.2 Å². The van der Waals surface area contributed by atoms with Crippen molar-refractivity contribution in [2.24, 2.45) is 0 Å². The van der Waals surface area contributed by atoms with Gasteiger partial charge in [0.25, 0.3) is 0 Å². The minimum absolute atomic E-state index is 0.542. The molecule has 0 amide bonds. The molecule has 0 radical (unpaired) electrons. The number of nitrogens with zero attached hydrogens (tertiary/aromatic N) is 1. The molecular weight excluding hydrogens is 282 g/mol. The summed E-state index contributed by atoms with van der Waals surface area (Å²) in [6, 6.07) is 1.77. The number of halogens is 1. The predicted molar refractivity (Wildman–Crippen MR) is 72.1 cm³/mol. The van der Waals surface area contributed by atoms with Crippen molar-refractivity contribution in [1.82, 2.24) is 10.3 Å². The van der Waals surface area contributed by atoms with Gasteiger partial charge >= 0.3 is 0 Å². The largest absolute Gasteiger partial charge is 0.388 e. The van der Waals surface area contributed by atoms with E-state index in [4.69, 9.17) is 5.41 Å². The highest BCUT2D eigenvalue weighted by Crippen LogP contribution is 2.27. The van der Waals surface area contributed by atoms with E-state index in [0.717, 1.165) is 16.7 Å². The number of pyridine rings is 1. The van der Waals surface area contributed by atoms with E-state index in [9.17, 15) is 5.11 Å². The minimum atomic E-state index is -0.852. The molecule has 1 unspecified atom stereocenters. The Bertz CT molecular complexity index is 432. The maximum Gasteiger partial charge on any atom is 0.110 e. The van der Waals surface area contributed by atoms with E-state index in [1.54, 1.807) is 18.5 Å². The number of hydrogen-bond acceptors (Lipinski definition) is 4. The summed E-state index contributed by atoms with van der Waals surface area (Å²) in [5.41, 5.74) is 1.99. The summed E-state index contributed by atoms with van der Waals surface area (Å²) in [7, 11) is 0. The minimum Gasteiger partial charge on any atom is -0.388 e. The zero-order valence-electron chi connectivity index (χ0n) is 9.87. The molecule has 0 aromatic carbocycles. The monoisotopic (exact) mass is 297 g/mol. The number of hydrogen-bond donors (Lipinski definition) is 3. The number of nitrogens with one attached hydrogen (secondary N) is 2. The van der Waals surface area contributed by atoms with Crippen LogP contribution in [-0.2, 0) is 0 Å². The topological polar surface area (TPSA) is 69.0 Å². The Morgan fingerprint density at radius 3 is 2.94 bits per heavy atom. The van der Waals surface area contributed by atoms with E-state index in [1.807, 2.05) is 13.8 Å². The van der Waals surface area contributed by atoms with Gasteiger partial charge in [-0.2, -0.15) is 0 Å². The Morgan fingerprint density at radius 2 is 2.41 bits per heavy atom. The summed E-state index contributed by atoms with van der Waals surface area (Å²) in [5.74, 6) is 0. The molecule has 1 atom stereocenters. The zero-order valence-corrected chi connectivity index (χ0v) is 11.5. The molecule has 0 bridgehead atoms. The van der Waals surface area contributed by atoms with E-state index >= 15 is 0 Å². The summed E-state index contributed by atoms with van der Waals surface area (Å²) in [5, 5.41) is 20.7. The fraction of sp³-hybridized carbons (Fsp3) is 0.333. The molecule has 1 aromatic rings. The maximum absolute atomic E-state index is 10.2. The number of rotatable bonds is 5. The van der Waals surface area contributed by atoms with Crippen molar-refractivity contribution >= 4 is 22.1 Å². The second-order valence-electron chi connectivity index (χ2n) is 3.55. The summed E-state index contributed by atoms with van der Waals surface area (Å²) in [6.07, 6.45) is 3.56.